The summed E-state index contributed by atoms with van der Waals surface area (Å²) in [7, 11) is 2.26. The Morgan fingerprint density at radius 3 is 2.00 bits per heavy atom. The van der Waals surface area contributed by atoms with Gasteiger partial charge in [0.15, 0.2) is 0 Å². The van der Waals surface area contributed by atoms with E-state index in [0.717, 1.165) is 18.4 Å². The van der Waals surface area contributed by atoms with Crippen LogP contribution in [0.3, 0.4) is 0 Å². The molecule has 3 rings (SSSR count). The molecule has 0 saturated carbocycles. The zero-order valence-corrected chi connectivity index (χ0v) is 12.8. The number of rotatable bonds is 3. The minimum Gasteiger partial charge on any atom is -0.306 e. The van der Waals surface area contributed by atoms with Gasteiger partial charge in [-0.3, -0.25) is 4.90 Å². The summed E-state index contributed by atoms with van der Waals surface area (Å²) in [5, 5.41) is 0. The van der Waals surface area contributed by atoms with Gasteiger partial charge in [0.2, 0.25) is 0 Å². The summed E-state index contributed by atoms with van der Waals surface area (Å²) in [6.07, 6.45) is 5.70. The summed E-state index contributed by atoms with van der Waals surface area (Å²) in [4.78, 5) is 5.13. The molecule has 0 aromatic heterocycles. The second kappa shape index (κ2) is 6.73. The molecule has 0 unspecified atom stereocenters. The highest BCUT2D eigenvalue weighted by molar-refractivity contribution is 5.14. The molecule has 2 aliphatic rings. The van der Waals surface area contributed by atoms with Crippen LogP contribution in [0, 0.1) is 11.8 Å². The fourth-order valence-electron chi connectivity index (χ4n) is 3.92. The van der Waals surface area contributed by atoms with Crippen molar-refractivity contribution < 1.29 is 0 Å². The minimum atomic E-state index is 0.996. The molecule has 2 heterocycles. The van der Waals surface area contributed by atoms with Crippen molar-refractivity contribution in [1.82, 2.24) is 9.80 Å². The normalized spacial score (nSPS) is 24.1. The van der Waals surface area contributed by atoms with Crippen LogP contribution in [-0.2, 0) is 6.54 Å². The Morgan fingerprint density at radius 1 is 0.850 bits per heavy atom. The molecule has 20 heavy (non-hydrogen) atoms. The third-order valence-electron chi connectivity index (χ3n) is 5.31. The molecule has 110 valence electrons. The average Bonchev–Trinajstić information content (AvgIpc) is 2.50. The van der Waals surface area contributed by atoms with Gasteiger partial charge < -0.3 is 4.90 Å². The molecule has 2 fully saturated rings. The Kier molecular flexibility index (Phi) is 4.74. The lowest BCUT2D eigenvalue weighted by atomic mass is 9.79. The lowest BCUT2D eigenvalue weighted by molar-refractivity contribution is 0.102. The van der Waals surface area contributed by atoms with Crippen LogP contribution < -0.4 is 0 Å². The average molecular weight is 272 g/mol. The van der Waals surface area contributed by atoms with Crippen LogP contribution >= 0.6 is 0 Å². The molecule has 2 nitrogen and oxygen atoms in total. The van der Waals surface area contributed by atoms with E-state index in [2.05, 4.69) is 47.2 Å². The number of hydrogen-bond donors (Lipinski definition) is 0. The van der Waals surface area contributed by atoms with E-state index in [4.69, 9.17) is 0 Å². The van der Waals surface area contributed by atoms with Gasteiger partial charge in [0.1, 0.15) is 0 Å². The van der Waals surface area contributed by atoms with E-state index in [-0.39, 0.29) is 0 Å². The number of nitrogens with zero attached hydrogens (tertiary/aromatic N) is 2. The Bertz CT molecular complexity index is 387. The van der Waals surface area contributed by atoms with Gasteiger partial charge in [-0.15, -0.1) is 0 Å². The van der Waals surface area contributed by atoms with Gasteiger partial charge >= 0.3 is 0 Å². The molecule has 0 bridgehead atoms. The fraction of sp³-hybridized carbons (Fsp3) is 0.667. The van der Waals surface area contributed by atoms with E-state index in [1.165, 1.54) is 57.4 Å². The topological polar surface area (TPSA) is 6.48 Å². The summed E-state index contributed by atoms with van der Waals surface area (Å²) >= 11 is 0. The second-order valence-electron chi connectivity index (χ2n) is 6.74. The molecule has 0 aliphatic carbocycles. The van der Waals surface area contributed by atoms with E-state index in [9.17, 15) is 0 Å². The number of benzene rings is 1. The first-order chi connectivity index (χ1) is 9.81. The lowest BCUT2D eigenvalue weighted by Gasteiger charge is -2.39. The van der Waals surface area contributed by atoms with E-state index in [1.807, 2.05) is 0 Å². The Hall–Kier alpha value is -0.860. The summed E-state index contributed by atoms with van der Waals surface area (Å²) in [6.45, 7) is 6.36. The minimum absolute atomic E-state index is 0.996. The highest BCUT2D eigenvalue weighted by Gasteiger charge is 2.28. The Morgan fingerprint density at radius 2 is 1.40 bits per heavy atom. The summed E-state index contributed by atoms with van der Waals surface area (Å²) < 4.78 is 0. The molecule has 0 atom stereocenters. The molecule has 1 aromatic carbocycles. The maximum Gasteiger partial charge on any atom is 0.0233 e. The third-order valence-corrected chi connectivity index (χ3v) is 5.31. The highest BCUT2D eigenvalue weighted by atomic mass is 15.1. The zero-order chi connectivity index (χ0) is 13.8. The predicted molar refractivity (Wildman–Crippen MR) is 84.7 cm³/mol. The van der Waals surface area contributed by atoms with Crippen LogP contribution in [0.25, 0.3) is 0 Å². The van der Waals surface area contributed by atoms with Crippen molar-refractivity contribution in [2.45, 2.75) is 32.2 Å². The van der Waals surface area contributed by atoms with Crippen LogP contribution in [-0.4, -0.2) is 43.0 Å². The third kappa shape index (κ3) is 3.62. The smallest absolute Gasteiger partial charge is 0.0233 e. The van der Waals surface area contributed by atoms with E-state index < -0.39 is 0 Å². The highest BCUT2D eigenvalue weighted by Crippen LogP contribution is 2.32. The first-order valence-corrected chi connectivity index (χ1v) is 8.26. The van der Waals surface area contributed by atoms with Crippen molar-refractivity contribution in [1.29, 1.82) is 0 Å². The quantitative estimate of drug-likeness (QED) is 0.833. The van der Waals surface area contributed by atoms with Gasteiger partial charge in [-0.25, -0.2) is 0 Å². The van der Waals surface area contributed by atoms with Crippen LogP contribution in [0.4, 0.5) is 0 Å². The molecular formula is C18H28N2. The standard InChI is InChI=1S/C18H28N2/c1-19-11-7-17(8-12-19)18-9-13-20(14-10-18)15-16-5-3-2-4-6-16/h2-6,17-18H,7-15H2,1H3. The van der Waals surface area contributed by atoms with Gasteiger partial charge in [0.05, 0.1) is 0 Å². The van der Waals surface area contributed by atoms with Crippen LogP contribution in [0.2, 0.25) is 0 Å². The molecule has 0 spiro atoms. The summed E-state index contributed by atoms with van der Waals surface area (Å²) in [5.41, 5.74) is 1.46. The van der Waals surface area contributed by atoms with E-state index in [0.29, 0.717) is 0 Å². The second-order valence-corrected chi connectivity index (χ2v) is 6.74. The fourth-order valence-corrected chi connectivity index (χ4v) is 3.92. The molecule has 1 aromatic rings. The summed E-state index contributed by atoms with van der Waals surface area (Å²) in [5.74, 6) is 2.00. The summed E-state index contributed by atoms with van der Waals surface area (Å²) in [6, 6.07) is 10.9. The number of piperidine rings is 2. The molecule has 0 N–H and O–H groups in total. The monoisotopic (exact) mass is 272 g/mol. The van der Waals surface area contributed by atoms with Crippen molar-refractivity contribution in [2.75, 3.05) is 33.2 Å². The van der Waals surface area contributed by atoms with E-state index >= 15 is 0 Å². The van der Waals surface area contributed by atoms with Crippen LogP contribution in [0.1, 0.15) is 31.2 Å². The van der Waals surface area contributed by atoms with Gasteiger partial charge in [0, 0.05) is 6.54 Å². The SMILES string of the molecule is CN1CCC(C2CCN(Cc3ccccc3)CC2)CC1. The van der Waals surface area contributed by atoms with Crippen molar-refractivity contribution in [2.24, 2.45) is 11.8 Å². The van der Waals surface area contributed by atoms with Crippen LogP contribution in [0.15, 0.2) is 30.3 Å². The maximum atomic E-state index is 2.64. The van der Waals surface area contributed by atoms with Crippen molar-refractivity contribution in [3.8, 4) is 0 Å². The lowest BCUT2D eigenvalue weighted by Crippen LogP contribution is -2.39. The predicted octanol–water partition coefficient (Wildman–Crippen LogP) is 3.24. The van der Waals surface area contributed by atoms with Gasteiger partial charge in [-0.1, -0.05) is 30.3 Å². The van der Waals surface area contributed by atoms with Crippen molar-refractivity contribution in [3.63, 3.8) is 0 Å². The Labute approximate surface area is 123 Å². The molecule has 2 aliphatic heterocycles. The molecule has 2 saturated heterocycles. The van der Waals surface area contributed by atoms with Crippen molar-refractivity contribution in [3.05, 3.63) is 35.9 Å². The number of hydrogen-bond acceptors (Lipinski definition) is 2. The van der Waals surface area contributed by atoms with Crippen LogP contribution in [0.5, 0.6) is 0 Å². The Balaban J connectivity index is 1.45. The maximum absolute atomic E-state index is 2.64. The number of likely N-dealkylation sites (tertiary alicyclic amines) is 2. The van der Waals surface area contributed by atoms with Crippen molar-refractivity contribution >= 4 is 0 Å². The van der Waals surface area contributed by atoms with Gasteiger partial charge in [0.25, 0.3) is 0 Å². The molecule has 0 amide bonds. The molecule has 2 heteroatoms. The molecular weight excluding hydrogens is 244 g/mol. The zero-order valence-electron chi connectivity index (χ0n) is 12.8. The first kappa shape index (κ1) is 14.1. The first-order valence-electron chi connectivity index (χ1n) is 8.26. The van der Waals surface area contributed by atoms with Gasteiger partial charge in [-0.05, 0) is 76.3 Å². The molecule has 0 radical (unpaired) electrons. The largest absolute Gasteiger partial charge is 0.306 e. The van der Waals surface area contributed by atoms with Gasteiger partial charge in [-0.2, -0.15) is 0 Å². The van der Waals surface area contributed by atoms with E-state index in [1.54, 1.807) is 0 Å².